The predicted molar refractivity (Wildman–Crippen MR) is 103 cm³/mol. The molecule has 1 aromatic rings. The van der Waals surface area contributed by atoms with Gasteiger partial charge in [-0.25, -0.2) is 0 Å². The van der Waals surface area contributed by atoms with Crippen LogP contribution in [0.5, 0.6) is 0 Å². The molecule has 25 heavy (non-hydrogen) atoms. The number of carbonyl (C=O) groups excluding carboxylic acids is 1. The number of benzene rings is 1. The van der Waals surface area contributed by atoms with Crippen LogP contribution >= 0.6 is 0 Å². The number of rotatable bonds is 7. The number of nitrogens with zero attached hydrogens (tertiary/aromatic N) is 2. The molecule has 2 saturated carbocycles. The lowest BCUT2D eigenvalue weighted by atomic mass is 10.2. The Hall–Kier alpha value is -1.55. The SMILES string of the molecule is O=C(CN(CC1CC1)C1CC1)Nc1ccc(N2CCCCCC2)cc1. The van der Waals surface area contributed by atoms with Crippen LogP contribution in [0, 0.1) is 5.92 Å². The van der Waals surface area contributed by atoms with Gasteiger partial charge in [-0.1, -0.05) is 12.8 Å². The van der Waals surface area contributed by atoms with Gasteiger partial charge in [0, 0.05) is 37.1 Å². The molecular formula is C21H31N3O. The van der Waals surface area contributed by atoms with Crippen molar-refractivity contribution < 1.29 is 4.79 Å². The Kier molecular flexibility index (Phi) is 5.25. The molecule has 0 spiro atoms. The number of amides is 1. The van der Waals surface area contributed by atoms with Crippen molar-refractivity contribution in [3.8, 4) is 0 Å². The van der Waals surface area contributed by atoms with Gasteiger partial charge in [0.2, 0.25) is 5.91 Å². The van der Waals surface area contributed by atoms with Crippen molar-refractivity contribution >= 4 is 17.3 Å². The van der Waals surface area contributed by atoms with Crippen LogP contribution in [0.2, 0.25) is 0 Å². The molecule has 3 aliphatic rings. The van der Waals surface area contributed by atoms with Gasteiger partial charge in [0.1, 0.15) is 0 Å². The molecule has 4 rings (SSSR count). The first-order valence-corrected chi connectivity index (χ1v) is 10.2. The van der Waals surface area contributed by atoms with E-state index in [9.17, 15) is 4.79 Å². The normalized spacial score (nSPS) is 21.2. The van der Waals surface area contributed by atoms with Crippen LogP contribution in [0.4, 0.5) is 11.4 Å². The van der Waals surface area contributed by atoms with Crippen LogP contribution in [0.25, 0.3) is 0 Å². The number of nitrogens with one attached hydrogen (secondary N) is 1. The second kappa shape index (κ2) is 7.77. The predicted octanol–water partition coefficient (Wildman–Crippen LogP) is 3.88. The summed E-state index contributed by atoms with van der Waals surface area (Å²) in [5, 5.41) is 3.09. The Morgan fingerprint density at radius 1 is 1.00 bits per heavy atom. The molecule has 0 atom stereocenters. The van der Waals surface area contributed by atoms with E-state index in [1.165, 1.54) is 57.1 Å². The zero-order chi connectivity index (χ0) is 17.1. The van der Waals surface area contributed by atoms with Gasteiger partial charge in [-0.3, -0.25) is 9.69 Å². The van der Waals surface area contributed by atoms with E-state index in [4.69, 9.17) is 0 Å². The standard InChI is InChI=1S/C21H31N3O/c25-21(16-24(20-11-12-20)15-17-5-6-17)22-18-7-9-19(10-8-18)23-13-3-1-2-4-14-23/h7-10,17,20H,1-6,11-16H2,(H,22,25). The van der Waals surface area contributed by atoms with E-state index in [0.717, 1.165) is 31.2 Å². The third-order valence-electron chi connectivity index (χ3n) is 5.72. The Morgan fingerprint density at radius 3 is 2.28 bits per heavy atom. The van der Waals surface area contributed by atoms with Gasteiger partial charge in [0.25, 0.3) is 0 Å². The molecule has 0 bridgehead atoms. The molecule has 1 aliphatic heterocycles. The molecule has 4 nitrogen and oxygen atoms in total. The van der Waals surface area contributed by atoms with Crippen molar-refractivity contribution in [3.05, 3.63) is 24.3 Å². The summed E-state index contributed by atoms with van der Waals surface area (Å²) < 4.78 is 0. The van der Waals surface area contributed by atoms with E-state index in [0.29, 0.717) is 12.6 Å². The number of anilines is 2. The summed E-state index contributed by atoms with van der Waals surface area (Å²) in [5.41, 5.74) is 2.21. The van der Waals surface area contributed by atoms with Crippen molar-refractivity contribution in [1.82, 2.24) is 4.90 Å². The largest absolute Gasteiger partial charge is 0.372 e. The maximum Gasteiger partial charge on any atom is 0.238 e. The molecule has 0 unspecified atom stereocenters. The highest BCUT2D eigenvalue weighted by molar-refractivity contribution is 5.92. The summed E-state index contributed by atoms with van der Waals surface area (Å²) >= 11 is 0. The summed E-state index contributed by atoms with van der Waals surface area (Å²) in [5.74, 6) is 0.983. The lowest BCUT2D eigenvalue weighted by molar-refractivity contribution is -0.117. The Morgan fingerprint density at radius 2 is 1.68 bits per heavy atom. The van der Waals surface area contributed by atoms with Crippen molar-refractivity contribution in [2.75, 3.05) is 36.4 Å². The molecule has 136 valence electrons. The minimum absolute atomic E-state index is 0.134. The minimum Gasteiger partial charge on any atom is -0.372 e. The minimum atomic E-state index is 0.134. The van der Waals surface area contributed by atoms with Gasteiger partial charge in [-0.15, -0.1) is 0 Å². The van der Waals surface area contributed by atoms with E-state index < -0.39 is 0 Å². The Bertz CT molecular complexity index is 569. The zero-order valence-corrected chi connectivity index (χ0v) is 15.3. The fraction of sp³-hybridized carbons (Fsp3) is 0.667. The van der Waals surface area contributed by atoms with Gasteiger partial charge >= 0.3 is 0 Å². The molecule has 2 aliphatic carbocycles. The Labute approximate surface area is 151 Å². The highest BCUT2D eigenvalue weighted by atomic mass is 16.2. The second-order valence-corrected chi connectivity index (χ2v) is 8.10. The van der Waals surface area contributed by atoms with Gasteiger partial charge in [0.15, 0.2) is 0 Å². The van der Waals surface area contributed by atoms with E-state index in [-0.39, 0.29) is 5.91 Å². The van der Waals surface area contributed by atoms with Crippen LogP contribution < -0.4 is 10.2 Å². The van der Waals surface area contributed by atoms with E-state index in [1.807, 2.05) is 0 Å². The summed E-state index contributed by atoms with van der Waals surface area (Å²) in [6.45, 7) is 3.98. The van der Waals surface area contributed by atoms with Crippen molar-refractivity contribution in [1.29, 1.82) is 0 Å². The molecule has 1 N–H and O–H groups in total. The van der Waals surface area contributed by atoms with Crippen LogP contribution in [-0.4, -0.2) is 43.0 Å². The molecule has 1 amide bonds. The van der Waals surface area contributed by atoms with E-state index in [2.05, 4.69) is 39.4 Å². The third kappa shape index (κ3) is 4.97. The lowest BCUT2D eigenvalue weighted by Gasteiger charge is -2.23. The smallest absolute Gasteiger partial charge is 0.238 e. The van der Waals surface area contributed by atoms with Gasteiger partial charge in [-0.05, 0) is 68.7 Å². The molecule has 4 heteroatoms. The topological polar surface area (TPSA) is 35.6 Å². The lowest BCUT2D eigenvalue weighted by Crippen LogP contribution is -2.36. The summed E-state index contributed by atoms with van der Waals surface area (Å²) in [7, 11) is 0. The maximum atomic E-state index is 12.4. The second-order valence-electron chi connectivity index (χ2n) is 8.10. The molecule has 1 saturated heterocycles. The van der Waals surface area contributed by atoms with Crippen LogP contribution in [0.1, 0.15) is 51.4 Å². The maximum absolute atomic E-state index is 12.4. The molecule has 1 heterocycles. The quantitative estimate of drug-likeness (QED) is 0.817. The van der Waals surface area contributed by atoms with Gasteiger partial charge in [-0.2, -0.15) is 0 Å². The Balaban J connectivity index is 1.29. The monoisotopic (exact) mass is 341 g/mol. The van der Waals surface area contributed by atoms with Crippen molar-refractivity contribution in [2.24, 2.45) is 5.92 Å². The third-order valence-corrected chi connectivity index (χ3v) is 5.72. The molecule has 3 fully saturated rings. The first kappa shape index (κ1) is 16.9. The number of hydrogen-bond donors (Lipinski definition) is 1. The molecule has 0 aromatic heterocycles. The van der Waals surface area contributed by atoms with E-state index >= 15 is 0 Å². The number of hydrogen-bond acceptors (Lipinski definition) is 3. The molecule has 0 radical (unpaired) electrons. The van der Waals surface area contributed by atoms with E-state index in [1.54, 1.807) is 0 Å². The fourth-order valence-corrected chi connectivity index (χ4v) is 3.88. The fourth-order valence-electron chi connectivity index (χ4n) is 3.88. The van der Waals surface area contributed by atoms with Crippen molar-refractivity contribution in [2.45, 2.75) is 57.4 Å². The molecule has 1 aromatic carbocycles. The van der Waals surface area contributed by atoms with Gasteiger partial charge < -0.3 is 10.2 Å². The van der Waals surface area contributed by atoms with Gasteiger partial charge in [0.05, 0.1) is 6.54 Å². The highest BCUT2D eigenvalue weighted by Gasteiger charge is 2.34. The summed E-state index contributed by atoms with van der Waals surface area (Å²) in [6, 6.07) is 9.09. The first-order valence-electron chi connectivity index (χ1n) is 10.2. The van der Waals surface area contributed by atoms with Crippen LogP contribution in [-0.2, 0) is 4.79 Å². The zero-order valence-electron chi connectivity index (χ0n) is 15.3. The van der Waals surface area contributed by atoms with Crippen molar-refractivity contribution in [3.63, 3.8) is 0 Å². The first-order chi connectivity index (χ1) is 12.3. The average molecular weight is 341 g/mol. The summed E-state index contributed by atoms with van der Waals surface area (Å²) in [6.07, 6.45) is 10.5. The van der Waals surface area contributed by atoms with Crippen LogP contribution in [0.3, 0.4) is 0 Å². The summed E-state index contributed by atoms with van der Waals surface area (Å²) in [4.78, 5) is 17.3. The highest BCUT2D eigenvalue weighted by Crippen LogP contribution is 2.34. The molecular weight excluding hydrogens is 310 g/mol. The average Bonchev–Trinajstić information content (AvgIpc) is 3.50. The number of carbonyl (C=O) groups is 1. The van der Waals surface area contributed by atoms with Crippen LogP contribution in [0.15, 0.2) is 24.3 Å².